The zero-order chi connectivity index (χ0) is 20.2. The van der Waals surface area contributed by atoms with Crippen LogP contribution in [0.15, 0.2) is 81.7 Å². The highest BCUT2D eigenvalue weighted by molar-refractivity contribution is 7.17. The molecule has 6 nitrogen and oxygen atoms in total. The van der Waals surface area contributed by atoms with Gasteiger partial charge in [0.15, 0.2) is 0 Å². The van der Waals surface area contributed by atoms with Gasteiger partial charge in [0.25, 0.3) is 5.56 Å². The molecule has 2 heterocycles. The van der Waals surface area contributed by atoms with Gasteiger partial charge in [-0.05, 0) is 35.6 Å². The molecule has 4 aromatic rings. The highest BCUT2D eigenvalue weighted by Crippen LogP contribution is 2.16. The lowest BCUT2D eigenvalue weighted by Gasteiger charge is -2.12. The minimum Gasteiger partial charge on any atom is -0.354 e. The first-order chi connectivity index (χ1) is 14.1. The van der Waals surface area contributed by atoms with Crippen molar-refractivity contribution in [1.29, 1.82) is 0 Å². The van der Waals surface area contributed by atoms with Gasteiger partial charge in [-0.1, -0.05) is 48.5 Å². The molecule has 29 heavy (non-hydrogen) atoms. The molecule has 0 saturated heterocycles. The van der Waals surface area contributed by atoms with Crippen LogP contribution in [0.1, 0.15) is 5.56 Å². The smallest absolute Gasteiger partial charge is 0.336 e. The van der Waals surface area contributed by atoms with Crippen LogP contribution >= 0.6 is 11.3 Å². The minimum absolute atomic E-state index is 0.145. The van der Waals surface area contributed by atoms with Gasteiger partial charge >= 0.3 is 5.69 Å². The number of thiophene rings is 1. The lowest BCUT2D eigenvalue weighted by molar-refractivity contribution is -0.121. The van der Waals surface area contributed by atoms with Crippen LogP contribution in [0.5, 0.6) is 0 Å². The fourth-order valence-corrected chi connectivity index (χ4v) is 4.06. The van der Waals surface area contributed by atoms with Gasteiger partial charge in [0.05, 0.1) is 11.2 Å². The van der Waals surface area contributed by atoms with E-state index in [9.17, 15) is 14.4 Å². The summed E-state index contributed by atoms with van der Waals surface area (Å²) < 4.78 is 2.93. The topological polar surface area (TPSA) is 73.1 Å². The van der Waals surface area contributed by atoms with Crippen LogP contribution in [0.4, 0.5) is 0 Å². The largest absolute Gasteiger partial charge is 0.354 e. The van der Waals surface area contributed by atoms with Gasteiger partial charge in [-0.2, -0.15) is 0 Å². The van der Waals surface area contributed by atoms with E-state index < -0.39 is 5.69 Å². The molecule has 0 unspecified atom stereocenters. The molecule has 0 aliphatic carbocycles. The van der Waals surface area contributed by atoms with Crippen molar-refractivity contribution in [3.63, 3.8) is 0 Å². The number of hydrogen-bond donors (Lipinski definition) is 1. The van der Waals surface area contributed by atoms with Crippen molar-refractivity contribution in [3.8, 4) is 5.69 Å². The summed E-state index contributed by atoms with van der Waals surface area (Å²) in [5, 5.41) is 4.61. The molecule has 1 N–H and O–H groups in total. The van der Waals surface area contributed by atoms with E-state index in [0.717, 1.165) is 10.1 Å². The monoisotopic (exact) mass is 405 g/mol. The van der Waals surface area contributed by atoms with Crippen LogP contribution in [0.25, 0.3) is 15.9 Å². The first kappa shape index (κ1) is 18.9. The third-order valence-electron chi connectivity index (χ3n) is 4.65. The predicted octanol–water partition coefficient (Wildman–Crippen LogP) is 2.57. The first-order valence-corrected chi connectivity index (χ1v) is 10.1. The Morgan fingerprint density at radius 1 is 0.931 bits per heavy atom. The fraction of sp³-hybridized carbons (Fsp3) is 0.136. The number of benzene rings is 2. The van der Waals surface area contributed by atoms with E-state index in [1.165, 1.54) is 15.9 Å². The number of rotatable bonds is 6. The van der Waals surface area contributed by atoms with Gasteiger partial charge in [0.2, 0.25) is 5.91 Å². The van der Waals surface area contributed by atoms with Crippen LogP contribution in [-0.2, 0) is 17.8 Å². The number of nitrogens with zero attached hydrogens (tertiary/aromatic N) is 2. The van der Waals surface area contributed by atoms with E-state index in [1.807, 2.05) is 36.4 Å². The first-order valence-electron chi connectivity index (χ1n) is 9.24. The molecule has 0 atom stereocenters. The zero-order valence-corrected chi connectivity index (χ0v) is 16.4. The molecular weight excluding hydrogens is 386 g/mol. The van der Waals surface area contributed by atoms with E-state index in [-0.39, 0.29) is 18.0 Å². The Balaban J connectivity index is 1.62. The highest BCUT2D eigenvalue weighted by atomic mass is 32.1. The molecule has 0 bridgehead atoms. The summed E-state index contributed by atoms with van der Waals surface area (Å²) in [5.41, 5.74) is 1.20. The molecule has 0 spiro atoms. The van der Waals surface area contributed by atoms with Crippen molar-refractivity contribution in [3.05, 3.63) is 98.5 Å². The normalized spacial score (nSPS) is 10.9. The lowest BCUT2D eigenvalue weighted by atomic mass is 10.1. The van der Waals surface area contributed by atoms with Crippen molar-refractivity contribution < 1.29 is 4.79 Å². The molecule has 2 aromatic carbocycles. The Labute approximate surface area is 170 Å². The average Bonchev–Trinajstić information content (AvgIpc) is 3.23. The maximum absolute atomic E-state index is 13.1. The summed E-state index contributed by atoms with van der Waals surface area (Å²) in [6, 6.07) is 20.3. The minimum atomic E-state index is -0.523. The molecular formula is C22H19N3O3S. The molecule has 0 saturated carbocycles. The van der Waals surface area contributed by atoms with E-state index >= 15 is 0 Å². The molecule has 7 heteroatoms. The van der Waals surface area contributed by atoms with Gasteiger partial charge in [-0.25, -0.2) is 9.36 Å². The van der Waals surface area contributed by atoms with Crippen LogP contribution < -0.4 is 16.6 Å². The number of carbonyl (C=O) groups is 1. The van der Waals surface area contributed by atoms with Gasteiger partial charge < -0.3 is 5.32 Å². The van der Waals surface area contributed by atoms with Gasteiger partial charge in [0.1, 0.15) is 11.2 Å². The van der Waals surface area contributed by atoms with Crippen molar-refractivity contribution in [2.75, 3.05) is 6.54 Å². The number of aromatic nitrogens is 2. The molecule has 0 radical (unpaired) electrons. The molecule has 0 aliphatic heterocycles. The SMILES string of the molecule is O=C(Cn1c(=O)n(-c2ccccc2)c(=O)c2sccc21)NCCc1ccccc1. The Hall–Kier alpha value is -3.45. The molecule has 1 amide bonds. The molecule has 4 rings (SSSR count). The van der Waals surface area contributed by atoms with Crippen molar-refractivity contribution in [2.24, 2.45) is 0 Å². The molecule has 146 valence electrons. The van der Waals surface area contributed by atoms with Crippen molar-refractivity contribution in [2.45, 2.75) is 13.0 Å². The summed E-state index contributed by atoms with van der Waals surface area (Å²) in [7, 11) is 0. The predicted molar refractivity (Wildman–Crippen MR) is 115 cm³/mol. The third kappa shape index (κ3) is 3.90. The Morgan fingerprint density at radius 2 is 1.62 bits per heavy atom. The Morgan fingerprint density at radius 3 is 2.34 bits per heavy atom. The molecule has 0 fully saturated rings. The second-order valence-electron chi connectivity index (χ2n) is 6.57. The number of carbonyl (C=O) groups excluding carboxylic acids is 1. The van der Waals surface area contributed by atoms with Crippen LogP contribution in [-0.4, -0.2) is 21.6 Å². The van der Waals surface area contributed by atoms with Crippen molar-refractivity contribution >= 4 is 27.5 Å². The quantitative estimate of drug-likeness (QED) is 0.536. The summed E-state index contributed by atoms with van der Waals surface area (Å²) in [6.07, 6.45) is 0.707. The standard InChI is InChI=1S/C22H19N3O3S/c26-19(23-13-11-16-7-3-1-4-8-16)15-24-18-12-14-29-20(18)21(27)25(22(24)28)17-9-5-2-6-10-17/h1-10,12,14H,11,13,15H2,(H,23,26). The second kappa shape index (κ2) is 8.28. The van der Waals surface area contributed by atoms with Crippen molar-refractivity contribution in [1.82, 2.24) is 14.5 Å². The number of fused-ring (bicyclic) bond motifs is 1. The fourth-order valence-electron chi connectivity index (χ4n) is 3.24. The van der Waals surface area contributed by atoms with E-state index in [4.69, 9.17) is 0 Å². The summed E-state index contributed by atoms with van der Waals surface area (Å²) in [6.45, 7) is 0.330. The maximum atomic E-state index is 13.1. The van der Waals surface area contributed by atoms with E-state index in [0.29, 0.717) is 28.9 Å². The number of para-hydroxylation sites is 1. The van der Waals surface area contributed by atoms with Gasteiger partial charge in [0, 0.05) is 6.54 Å². The summed E-state index contributed by atoms with van der Waals surface area (Å²) >= 11 is 1.26. The zero-order valence-electron chi connectivity index (χ0n) is 15.6. The van der Waals surface area contributed by atoms with E-state index in [1.54, 1.807) is 35.7 Å². The molecule has 0 aliphatic rings. The third-order valence-corrected chi connectivity index (χ3v) is 5.54. The maximum Gasteiger partial charge on any atom is 0.336 e. The summed E-state index contributed by atoms with van der Waals surface area (Å²) in [4.78, 5) is 38.4. The average molecular weight is 405 g/mol. The molecule has 2 aromatic heterocycles. The Bertz CT molecular complexity index is 1260. The second-order valence-corrected chi connectivity index (χ2v) is 7.48. The highest BCUT2D eigenvalue weighted by Gasteiger charge is 2.17. The van der Waals surface area contributed by atoms with Gasteiger partial charge in [-0.15, -0.1) is 11.3 Å². The number of amides is 1. The van der Waals surface area contributed by atoms with Gasteiger partial charge in [-0.3, -0.25) is 14.2 Å². The number of nitrogens with one attached hydrogen (secondary N) is 1. The Kier molecular flexibility index (Phi) is 5.39. The van der Waals surface area contributed by atoms with Crippen LogP contribution in [0.3, 0.4) is 0 Å². The van der Waals surface area contributed by atoms with E-state index in [2.05, 4.69) is 5.32 Å². The lowest BCUT2D eigenvalue weighted by Crippen LogP contribution is -2.41. The number of hydrogen-bond acceptors (Lipinski definition) is 4. The van der Waals surface area contributed by atoms with Crippen LogP contribution in [0.2, 0.25) is 0 Å². The van der Waals surface area contributed by atoms with Crippen LogP contribution in [0, 0.1) is 0 Å². The summed E-state index contributed by atoms with van der Waals surface area (Å²) in [5.74, 6) is -0.270.